The lowest BCUT2D eigenvalue weighted by molar-refractivity contribution is 0.0757. The molecule has 0 radical (unpaired) electrons. The van der Waals surface area contributed by atoms with E-state index in [1.54, 1.807) is 29.1 Å². The van der Waals surface area contributed by atoms with Crippen LogP contribution in [0.4, 0.5) is 0 Å². The molecule has 1 atom stereocenters. The van der Waals surface area contributed by atoms with Gasteiger partial charge in [0.2, 0.25) is 0 Å². The molecule has 1 amide bonds. The molecule has 4 heterocycles. The maximum absolute atomic E-state index is 13.0. The second kappa shape index (κ2) is 8.95. The lowest BCUT2D eigenvalue weighted by atomic mass is 9.79. The number of pyridine rings is 3. The van der Waals surface area contributed by atoms with Crippen molar-refractivity contribution >= 4 is 16.8 Å². The van der Waals surface area contributed by atoms with Crippen molar-refractivity contribution in [1.82, 2.24) is 19.9 Å². The van der Waals surface area contributed by atoms with Crippen LogP contribution in [-0.2, 0) is 23.3 Å². The summed E-state index contributed by atoms with van der Waals surface area (Å²) in [6.45, 7) is 2.77. The molecule has 0 bridgehead atoms. The van der Waals surface area contributed by atoms with Gasteiger partial charge in [0.25, 0.3) is 11.5 Å². The molecule has 6 rings (SSSR count). The Balaban J connectivity index is 1.23. The van der Waals surface area contributed by atoms with E-state index in [2.05, 4.69) is 16.4 Å². The van der Waals surface area contributed by atoms with Crippen LogP contribution in [0.2, 0.25) is 0 Å². The van der Waals surface area contributed by atoms with Gasteiger partial charge in [-0.15, -0.1) is 0 Å². The predicted octanol–water partition coefficient (Wildman–Crippen LogP) is 3.90. The average molecular weight is 492 g/mol. The van der Waals surface area contributed by atoms with Gasteiger partial charge in [0.05, 0.1) is 37.0 Å². The second-order valence-corrected chi connectivity index (χ2v) is 9.94. The van der Waals surface area contributed by atoms with E-state index in [9.17, 15) is 14.9 Å². The third kappa shape index (κ3) is 4.28. The van der Waals surface area contributed by atoms with Gasteiger partial charge < -0.3 is 10.1 Å². The van der Waals surface area contributed by atoms with Crippen molar-refractivity contribution in [2.24, 2.45) is 0 Å². The summed E-state index contributed by atoms with van der Waals surface area (Å²) in [5.74, 6) is 0.665. The number of nitrogens with one attached hydrogen (secondary N) is 1. The van der Waals surface area contributed by atoms with Gasteiger partial charge in [-0.05, 0) is 73.2 Å². The highest BCUT2D eigenvalue weighted by Crippen LogP contribution is 2.38. The van der Waals surface area contributed by atoms with Crippen molar-refractivity contribution in [3.05, 3.63) is 99.2 Å². The Morgan fingerprint density at radius 1 is 1.24 bits per heavy atom. The molecule has 2 aliphatic rings. The van der Waals surface area contributed by atoms with Gasteiger partial charge in [0, 0.05) is 28.9 Å². The van der Waals surface area contributed by atoms with E-state index in [-0.39, 0.29) is 18.0 Å². The number of fused-ring (bicyclic) bond motifs is 2. The number of aromatic nitrogens is 3. The molecule has 0 unspecified atom stereocenters. The topological polar surface area (TPSA) is 110 Å². The van der Waals surface area contributed by atoms with E-state index in [1.807, 2.05) is 43.3 Å². The monoisotopic (exact) mass is 491 g/mol. The van der Waals surface area contributed by atoms with Crippen molar-refractivity contribution in [3.8, 4) is 11.9 Å². The Bertz CT molecular complexity index is 1650. The molecule has 184 valence electrons. The van der Waals surface area contributed by atoms with Crippen LogP contribution in [0.5, 0.6) is 0 Å². The van der Waals surface area contributed by atoms with Crippen LogP contribution in [0.15, 0.2) is 65.7 Å². The van der Waals surface area contributed by atoms with Gasteiger partial charge in [0.1, 0.15) is 11.2 Å². The quantitative estimate of drug-likeness (QED) is 0.453. The normalized spacial score (nSPS) is 18.7. The molecule has 1 saturated carbocycles. The average Bonchev–Trinajstić information content (AvgIpc) is 3.77. The second-order valence-electron chi connectivity index (χ2n) is 9.94. The SMILES string of the molecule is C[C@@]1(C#N)COCc2ccc(C(=O)NCc3cc4nc(-n5cccc(C6CC6)c5=O)ccc4cn3)cc21. The lowest BCUT2D eigenvalue weighted by Gasteiger charge is -2.30. The maximum atomic E-state index is 13.0. The number of amides is 1. The Morgan fingerprint density at radius 3 is 2.92 bits per heavy atom. The Morgan fingerprint density at radius 2 is 2.11 bits per heavy atom. The fraction of sp³-hybridized carbons (Fsp3) is 0.276. The summed E-state index contributed by atoms with van der Waals surface area (Å²) in [4.78, 5) is 35.1. The number of carbonyl (C=O) groups excluding carboxylic acids is 1. The van der Waals surface area contributed by atoms with Gasteiger partial charge in [-0.2, -0.15) is 5.26 Å². The molecule has 8 heteroatoms. The highest BCUT2D eigenvalue weighted by atomic mass is 16.5. The smallest absolute Gasteiger partial charge is 0.259 e. The summed E-state index contributed by atoms with van der Waals surface area (Å²) in [6, 6.07) is 17.0. The van der Waals surface area contributed by atoms with Crippen LogP contribution in [0.25, 0.3) is 16.7 Å². The fourth-order valence-electron chi connectivity index (χ4n) is 4.84. The standard InChI is InChI=1S/C29H25N5O3/c1-29(16-30)17-37-15-21-7-6-19(11-24(21)29)27(35)32-14-22-12-25-20(13-31-22)8-9-26(33-25)34-10-2-3-23(28(34)36)18-4-5-18/h2-3,6-13,18H,4-5,14-15,17H2,1H3,(H,32,35)/t29-/m1/s1. The Kier molecular flexibility index (Phi) is 5.58. The molecule has 0 saturated heterocycles. The summed E-state index contributed by atoms with van der Waals surface area (Å²) in [5.41, 5.74) is 3.61. The van der Waals surface area contributed by atoms with Crippen LogP contribution < -0.4 is 10.9 Å². The first kappa shape index (κ1) is 23.1. The van der Waals surface area contributed by atoms with Gasteiger partial charge in [-0.3, -0.25) is 19.1 Å². The Hall–Kier alpha value is -4.35. The third-order valence-electron chi connectivity index (χ3n) is 7.15. The van der Waals surface area contributed by atoms with E-state index >= 15 is 0 Å². The molecule has 4 aromatic rings. The minimum Gasteiger partial charge on any atom is -0.375 e. The van der Waals surface area contributed by atoms with Crippen molar-refractivity contribution < 1.29 is 9.53 Å². The van der Waals surface area contributed by atoms with E-state index in [1.165, 1.54) is 0 Å². The molecule has 1 aliphatic heterocycles. The highest BCUT2D eigenvalue weighted by molar-refractivity contribution is 5.94. The first-order valence-corrected chi connectivity index (χ1v) is 12.3. The summed E-state index contributed by atoms with van der Waals surface area (Å²) >= 11 is 0. The number of ether oxygens (including phenoxy) is 1. The van der Waals surface area contributed by atoms with Gasteiger partial charge >= 0.3 is 0 Å². The van der Waals surface area contributed by atoms with Gasteiger partial charge in [-0.1, -0.05) is 12.1 Å². The molecule has 0 spiro atoms. The molecule has 3 aromatic heterocycles. The third-order valence-corrected chi connectivity index (χ3v) is 7.15. The molecule has 8 nitrogen and oxygen atoms in total. The van der Waals surface area contributed by atoms with Crippen molar-refractivity contribution in [2.75, 3.05) is 6.61 Å². The van der Waals surface area contributed by atoms with Crippen molar-refractivity contribution in [3.63, 3.8) is 0 Å². The fourth-order valence-corrected chi connectivity index (χ4v) is 4.84. The van der Waals surface area contributed by atoms with E-state index in [0.717, 1.165) is 34.9 Å². The zero-order valence-electron chi connectivity index (χ0n) is 20.4. The van der Waals surface area contributed by atoms with E-state index < -0.39 is 5.41 Å². The molecule has 1 fully saturated rings. The largest absolute Gasteiger partial charge is 0.375 e. The zero-order valence-corrected chi connectivity index (χ0v) is 20.4. The number of hydrogen-bond donors (Lipinski definition) is 1. The van der Waals surface area contributed by atoms with Crippen LogP contribution in [0.3, 0.4) is 0 Å². The molecule has 1 N–H and O–H groups in total. The molecule has 37 heavy (non-hydrogen) atoms. The summed E-state index contributed by atoms with van der Waals surface area (Å²) in [6.07, 6.45) is 5.58. The molecule has 1 aliphatic carbocycles. The molecular weight excluding hydrogens is 466 g/mol. The number of nitriles is 1. The number of rotatable bonds is 5. The van der Waals surface area contributed by atoms with Gasteiger partial charge in [0.15, 0.2) is 0 Å². The Labute approximate surface area is 213 Å². The zero-order chi connectivity index (χ0) is 25.6. The number of hydrogen-bond acceptors (Lipinski definition) is 6. The number of carbonyl (C=O) groups is 1. The molecular formula is C29H25N5O3. The van der Waals surface area contributed by atoms with Crippen LogP contribution in [-0.4, -0.2) is 27.0 Å². The van der Waals surface area contributed by atoms with Crippen molar-refractivity contribution in [1.29, 1.82) is 5.26 Å². The highest BCUT2D eigenvalue weighted by Gasteiger charge is 2.33. The first-order chi connectivity index (χ1) is 17.9. The minimum absolute atomic E-state index is 0.0255. The summed E-state index contributed by atoms with van der Waals surface area (Å²) in [5, 5.41) is 13.4. The predicted molar refractivity (Wildman–Crippen MR) is 137 cm³/mol. The molecule has 1 aromatic carbocycles. The maximum Gasteiger partial charge on any atom is 0.259 e. The number of benzene rings is 1. The number of nitrogens with zero attached hydrogens (tertiary/aromatic N) is 4. The van der Waals surface area contributed by atoms with Crippen LogP contribution >= 0.6 is 0 Å². The summed E-state index contributed by atoms with van der Waals surface area (Å²) in [7, 11) is 0. The van der Waals surface area contributed by atoms with E-state index in [0.29, 0.717) is 41.7 Å². The minimum atomic E-state index is -0.784. The first-order valence-electron chi connectivity index (χ1n) is 12.3. The van der Waals surface area contributed by atoms with Crippen LogP contribution in [0, 0.1) is 11.3 Å². The lowest BCUT2D eigenvalue weighted by Crippen LogP contribution is -2.33. The van der Waals surface area contributed by atoms with Crippen LogP contribution in [0.1, 0.15) is 58.4 Å². The van der Waals surface area contributed by atoms with Gasteiger partial charge in [-0.25, -0.2) is 4.98 Å². The summed E-state index contributed by atoms with van der Waals surface area (Å²) < 4.78 is 7.14. The van der Waals surface area contributed by atoms with E-state index in [4.69, 9.17) is 9.72 Å². The van der Waals surface area contributed by atoms with Crippen molar-refractivity contribution in [2.45, 2.75) is 44.2 Å².